The number of aromatic nitrogens is 3. The topological polar surface area (TPSA) is 134 Å². The van der Waals surface area contributed by atoms with Crippen molar-refractivity contribution >= 4 is 17.9 Å². The highest BCUT2D eigenvalue weighted by Gasteiger charge is 2.21. The van der Waals surface area contributed by atoms with Crippen LogP contribution in [-0.4, -0.2) is 40.5 Å². The molecule has 0 unspecified atom stereocenters. The minimum Gasteiger partial charge on any atom is -0.378 e. The van der Waals surface area contributed by atoms with Crippen LogP contribution in [0, 0.1) is 17.2 Å². The summed E-state index contributed by atoms with van der Waals surface area (Å²) in [5, 5.41) is 16.5. The van der Waals surface area contributed by atoms with E-state index < -0.39 is 0 Å². The van der Waals surface area contributed by atoms with Gasteiger partial charge in [0.1, 0.15) is 5.71 Å². The first kappa shape index (κ1) is 23.0. The summed E-state index contributed by atoms with van der Waals surface area (Å²) < 4.78 is 5.14. The van der Waals surface area contributed by atoms with E-state index in [0.29, 0.717) is 47.7 Å². The zero-order valence-corrected chi connectivity index (χ0v) is 19.0. The van der Waals surface area contributed by atoms with Gasteiger partial charge in [-0.1, -0.05) is 18.2 Å². The normalized spacial score (nSPS) is 13.7. The van der Waals surface area contributed by atoms with Gasteiger partial charge in [-0.3, -0.25) is 9.98 Å². The quantitative estimate of drug-likeness (QED) is 0.273. The van der Waals surface area contributed by atoms with Crippen LogP contribution in [0.3, 0.4) is 0 Å². The summed E-state index contributed by atoms with van der Waals surface area (Å²) in [6.45, 7) is 1.62. The molecule has 2 aromatic heterocycles. The average Bonchev–Trinajstić information content (AvgIpc) is 3.70. The third-order valence-corrected chi connectivity index (χ3v) is 5.28. The summed E-state index contributed by atoms with van der Waals surface area (Å²) in [5.74, 6) is 6.85. The molecule has 3 aromatic rings. The van der Waals surface area contributed by atoms with Gasteiger partial charge in [-0.2, -0.15) is 10.4 Å². The van der Waals surface area contributed by atoms with E-state index in [-0.39, 0.29) is 0 Å². The van der Waals surface area contributed by atoms with Gasteiger partial charge in [0.2, 0.25) is 5.95 Å². The van der Waals surface area contributed by atoms with Crippen molar-refractivity contribution in [3.8, 4) is 17.3 Å². The van der Waals surface area contributed by atoms with Crippen LogP contribution in [0.4, 0.5) is 5.95 Å². The van der Waals surface area contributed by atoms with Crippen LogP contribution < -0.4 is 11.2 Å². The molecule has 1 saturated carbocycles. The molecule has 4 rings (SSSR count). The Hall–Kier alpha value is -4.16. The number of nitrogens with zero attached hydrogens (tertiary/aromatic N) is 6. The first-order valence-electron chi connectivity index (χ1n) is 11.0. The molecule has 9 heteroatoms. The number of aliphatic imine (C=N–C) groups is 1. The molecule has 0 radical (unpaired) electrons. The highest BCUT2D eigenvalue weighted by Crippen LogP contribution is 2.29. The van der Waals surface area contributed by atoms with Crippen LogP contribution in [0.1, 0.15) is 35.5 Å². The van der Waals surface area contributed by atoms with Gasteiger partial charge in [0.25, 0.3) is 0 Å². The van der Waals surface area contributed by atoms with Gasteiger partial charge in [-0.25, -0.2) is 9.97 Å². The smallest absolute Gasteiger partial charge is 0.223 e. The summed E-state index contributed by atoms with van der Waals surface area (Å²) >= 11 is 0. The number of hydrogen-bond donors (Lipinski definition) is 2. The molecule has 0 spiro atoms. The van der Waals surface area contributed by atoms with E-state index in [4.69, 9.17) is 10.6 Å². The van der Waals surface area contributed by atoms with Gasteiger partial charge in [0.05, 0.1) is 53.8 Å². The lowest BCUT2D eigenvalue weighted by Crippen LogP contribution is -2.14. The molecule has 0 atom stereocenters. The molecule has 0 aliphatic heterocycles. The first-order valence-corrected chi connectivity index (χ1v) is 11.0. The van der Waals surface area contributed by atoms with E-state index in [0.717, 1.165) is 23.5 Å². The largest absolute Gasteiger partial charge is 0.378 e. The Morgan fingerprint density at radius 1 is 1.18 bits per heavy atom. The molecule has 172 valence electrons. The molecule has 3 N–H and O–H groups in total. The third kappa shape index (κ3) is 6.21. The second kappa shape index (κ2) is 11.1. The van der Waals surface area contributed by atoms with Crippen molar-refractivity contribution < 1.29 is 4.74 Å². The Morgan fingerprint density at radius 2 is 2.00 bits per heavy atom. The van der Waals surface area contributed by atoms with Gasteiger partial charge < -0.3 is 15.9 Å². The molecule has 1 aliphatic rings. The molecule has 1 aliphatic carbocycles. The SMILES string of the molecule is COCc1cccc(CN=CC(=NN)c2cc(-c3cccc(C#N)c3)nc(NCC3CC3)n2)n1. The van der Waals surface area contributed by atoms with Crippen molar-refractivity contribution in [1.29, 1.82) is 5.26 Å². The number of methoxy groups -OCH3 is 1. The molecular formula is C25H26N8O. The van der Waals surface area contributed by atoms with Crippen LogP contribution in [0.2, 0.25) is 0 Å². The Kier molecular flexibility index (Phi) is 7.53. The lowest BCUT2D eigenvalue weighted by Gasteiger charge is -2.10. The number of ether oxygens (including phenoxy) is 1. The highest BCUT2D eigenvalue weighted by atomic mass is 16.5. The zero-order chi connectivity index (χ0) is 23.8. The fraction of sp³-hybridized carbons (Fsp3) is 0.280. The number of rotatable bonds is 10. The van der Waals surface area contributed by atoms with Crippen LogP contribution in [-0.2, 0) is 17.9 Å². The maximum Gasteiger partial charge on any atom is 0.223 e. The number of pyridine rings is 1. The minimum atomic E-state index is 0.367. The Morgan fingerprint density at radius 3 is 2.76 bits per heavy atom. The predicted molar refractivity (Wildman–Crippen MR) is 131 cm³/mol. The van der Waals surface area contributed by atoms with Gasteiger partial charge in [-0.05, 0) is 49.1 Å². The first-order chi connectivity index (χ1) is 16.7. The summed E-state index contributed by atoms with van der Waals surface area (Å²) in [7, 11) is 1.64. The molecule has 1 aromatic carbocycles. The monoisotopic (exact) mass is 454 g/mol. The number of nitrogens with one attached hydrogen (secondary N) is 1. The number of hydrogen-bond acceptors (Lipinski definition) is 9. The minimum absolute atomic E-state index is 0.367. The standard InChI is InChI=1S/C25H26N8O/c1-34-16-21-7-3-6-20(30-21)14-28-15-24(33-27)23-11-22(19-5-2-4-18(10-19)12-26)31-25(32-23)29-13-17-8-9-17/h2-7,10-11,15,17H,8-9,13-14,16,27H2,1H3,(H,29,31,32). The Balaban J connectivity index is 1.59. The van der Waals surface area contributed by atoms with E-state index in [9.17, 15) is 5.26 Å². The van der Waals surface area contributed by atoms with Crippen LogP contribution >= 0.6 is 0 Å². The summed E-state index contributed by atoms with van der Waals surface area (Å²) in [6, 6.07) is 17.0. The van der Waals surface area contributed by atoms with Crippen LogP contribution in [0.25, 0.3) is 11.3 Å². The van der Waals surface area contributed by atoms with Crippen molar-refractivity contribution in [2.24, 2.45) is 21.9 Å². The predicted octanol–water partition coefficient (Wildman–Crippen LogP) is 3.31. The fourth-order valence-electron chi connectivity index (χ4n) is 3.35. The maximum atomic E-state index is 9.27. The van der Waals surface area contributed by atoms with Crippen molar-refractivity contribution in [2.75, 3.05) is 19.0 Å². The maximum absolute atomic E-state index is 9.27. The molecule has 34 heavy (non-hydrogen) atoms. The summed E-state index contributed by atoms with van der Waals surface area (Å²) in [4.78, 5) is 18.3. The Labute approximate surface area is 198 Å². The average molecular weight is 455 g/mol. The van der Waals surface area contributed by atoms with Gasteiger partial charge in [-0.15, -0.1) is 0 Å². The van der Waals surface area contributed by atoms with Crippen molar-refractivity contribution in [1.82, 2.24) is 15.0 Å². The van der Waals surface area contributed by atoms with Crippen LogP contribution in [0.15, 0.2) is 58.6 Å². The van der Waals surface area contributed by atoms with E-state index in [2.05, 4.69) is 36.4 Å². The zero-order valence-electron chi connectivity index (χ0n) is 19.0. The number of hydrazone groups is 1. The number of benzene rings is 1. The van der Waals surface area contributed by atoms with Crippen LogP contribution in [0.5, 0.6) is 0 Å². The number of nitriles is 1. The van der Waals surface area contributed by atoms with Crippen molar-refractivity contribution in [2.45, 2.75) is 26.0 Å². The van der Waals surface area contributed by atoms with Gasteiger partial charge >= 0.3 is 0 Å². The van der Waals surface area contributed by atoms with E-state index in [1.807, 2.05) is 30.3 Å². The molecule has 0 saturated heterocycles. The number of nitrogens with two attached hydrogens (primary N) is 1. The molecule has 2 heterocycles. The van der Waals surface area contributed by atoms with E-state index in [1.165, 1.54) is 12.8 Å². The second-order valence-corrected chi connectivity index (χ2v) is 8.02. The summed E-state index contributed by atoms with van der Waals surface area (Å²) in [5.41, 5.74) is 4.65. The van der Waals surface area contributed by atoms with E-state index in [1.54, 1.807) is 31.5 Å². The van der Waals surface area contributed by atoms with Crippen molar-refractivity contribution in [3.05, 3.63) is 71.2 Å². The lowest BCUT2D eigenvalue weighted by atomic mass is 10.1. The van der Waals surface area contributed by atoms with Gasteiger partial charge in [0, 0.05) is 19.2 Å². The Bertz CT molecular complexity index is 1240. The lowest BCUT2D eigenvalue weighted by molar-refractivity contribution is 0.181. The van der Waals surface area contributed by atoms with E-state index >= 15 is 0 Å². The fourth-order valence-corrected chi connectivity index (χ4v) is 3.35. The van der Waals surface area contributed by atoms with Gasteiger partial charge in [0.15, 0.2) is 0 Å². The molecule has 9 nitrogen and oxygen atoms in total. The third-order valence-electron chi connectivity index (χ3n) is 5.28. The highest BCUT2D eigenvalue weighted by molar-refractivity contribution is 6.37. The molecular weight excluding hydrogens is 428 g/mol. The molecule has 1 fully saturated rings. The summed E-state index contributed by atoms with van der Waals surface area (Å²) in [6.07, 6.45) is 4.02. The molecule has 0 bridgehead atoms. The number of anilines is 1. The van der Waals surface area contributed by atoms with Crippen molar-refractivity contribution in [3.63, 3.8) is 0 Å². The molecule has 0 amide bonds. The second-order valence-electron chi connectivity index (χ2n) is 8.02.